The van der Waals surface area contributed by atoms with Gasteiger partial charge >= 0.3 is 5.97 Å². The summed E-state index contributed by atoms with van der Waals surface area (Å²) in [6.45, 7) is 5.08. The van der Waals surface area contributed by atoms with Crippen molar-refractivity contribution < 1.29 is 17.9 Å². The first-order valence-corrected chi connectivity index (χ1v) is 6.10. The van der Waals surface area contributed by atoms with Crippen LogP contribution in [0.2, 0.25) is 0 Å². The lowest BCUT2D eigenvalue weighted by atomic mass is 9.97. The van der Waals surface area contributed by atoms with Gasteiger partial charge < -0.3 is 4.74 Å². The molecule has 0 unspecified atom stereocenters. The molecule has 0 aliphatic rings. The smallest absolute Gasteiger partial charge is 0.312 e. The molecule has 0 saturated heterocycles. The summed E-state index contributed by atoms with van der Waals surface area (Å²) in [6.07, 6.45) is 1.11. The molecular formula is C8H16O4S. The van der Waals surface area contributed by atoms with E-state index in [9.17, 15) is 13.2 Å². The molecule has 0 bridgehead atoms. The number of sulfone groups is 1. The van der Waals surface area contributed by atoms with E-state index in [-0.39, 0.29) is 12.4 Å². The molecule has 0 aliphatic heterocycles. The van der Waals surface area contributed by atoms with Crippen molar-refractivity contribution in [2.24, 2.45) is 5.41 Å². The van der Waals surface area contributed by atoms with Crippen LogP contribution < -0.4 is 0 Å². The van der Waals surface area contributed by atoms with Crippen LogP contribution in [0.5, 0.6) is 0 Å². The van der Waals surface area contributed by atoms with Crippen molar-refractivity contribution in [3.63, 3.8) is 0 Å². The van der Waals surface area contributed by atoms with Crippen LogP contribution in [0.15, 0.2) is 0 Å². The summed E-state index contributed by atoms with van der Waals surface area (Å²) < 4.78 is 26.6. The second kappa shape index (κ2) is 4.09. The number of hydrogen-bond acceptors (Lipinski definition) is 4. The van der Waals surface area contributed by atoms with Crippen LogP contribution >= 0.6 is 0 Å². The first-order chi connectivity index (χ1) is 5.69. The van der Waals surface area contributed by atoms with Gasteiger partial charge in [-0.3, -0.25) is 4.79 Å². The highest BCUT2D eigenvalue weighted by Gasteiger charge is 2.32. The van der Waals surface area contributed by atoms with E-state index in [0.717, 1.165) is 6.26 Å². The summed E-state index contributed by atoms with van der Waals surface area (Å²) >= 11 is 0. The highest BCUT2D eigenvalue weighted by atomic mass is 32.2. The maximum Gasteiger partial charge on any atom is 0.312 e. The first kappa shape index (κ1) is 12.4. The highest BCUT2D eigenvalue weighted by molar-refractivity contribution is 7.90. The molecule has 0 fully saturated rings. The van der Waals surface area contributed by atoms with Gasteiger partial charge in [0.2, 0.25) is 0 Å². The molecule has 0 radical (unpaired) electrons. The minimum Gasteiger partial charge on any atom is -0.466 e. The third kappa shape index (κ3) is 4.87. The van der Waals surface area contributed by atoms with Crippen molar-refractivity contribution in [2.75, 3.05) is 18.6 Å². The molecule has 0 heterocycles. The minimum absolute atomic E-state index is 0.182. The Hall–Kier alpha value is -0.580. The fraction of sp³-hybridized carbons (Fsp3) is 0.875. The van der Waals surface area contributed by atoms with Crippen LogP contribution in [0.1, 0.15) is 20.8 Å². The SMILES string of the molecule is CCOC(=O)C(C)(C)CS(C)(=O)=O. The van der Waals surface area contributed by atoms with Gasteiger partial charge in [0.05, 0.1) is 17.8 Å². The normalized spacial score (nSPS) is 12.6. The fourth-order valence-corrected chi connectivity index (χ4v) is 2.47. The number of hydrogen-bond donors (Lipinski definition) is 0. The van der Waals surface area contributed by atoms with E-state index < -0.39 is 21.2 Å². The molecule has 4 nitrogen and oxygen atoms in total. The molecule has 0 aliphatic carbocycles. The molecule has 0 aromatic rings. The number of esters is 1. The summed E-state index contributed by atoms with van der Waals surface area (Å²) in [6, 6.07) is 0. The van der Waals surface area contributed by atoms with Gasteiger partial charge in [0.1, 0.15) is 9.84 Å². The lowest BCUT2D eigenvalue weighted by molar-refractivity contribution is -0.152. The Kier molecular flexibility index (Phi) is 3.90. The van der Waals surface area contributed by atoms with Crippen molar-refractivity contribution in [1.29, 1.82) is 0 Å². The zero-order valence-corrected chi connectivity index (χ0v) is 9.27. The minimum atomic E-state index is -3.15. The molecule has 0 amide bonds. The zero-order chi connectivity index (χ0) is 10.7. The number of ether oxygens (including phenoxy) is 1. The Morgan fingerprint density at radius 2 is 1.85 bits per heavy atom. The average molecular weight is 208 g/mol. The van der Waals surface area contributed by atoms with E-state index in [4.69, 9.17) is 4.74 Å². The van der Waals surface area contributed by atoms with Crippen molar-refractivity contribution in [1.82, 2.24) is 0 Å². The summed E-state index contributed by atoms with van der Waals surface area (Å²) in [5.41, 5.74) is -0.955. The van der Waals surface area contributed by atoms with Gasteiger partial charge in [0.15, 0.2) is 0 Å². The van der Waals surface area contributed by atoms with Crippen LogP contribution in [0.25, 0.3) is 0 Å². The van der Waals surface area contributed by atoms with Gasteiger partial charge in [-0.15, -0.1) is 0 Å². The van der Waals surface area contributed by atoms with E-state index in [1.54, 1.807) is 20.8 Å². The van der Waals surface area contributed by atoms with Gasteiger partial charge in [-0.05, 0) is 20.8 Å². The number of carbonyl (C=O) groups is 1. The Morgan fingerprint density at radius 3 is 2.15 bits per heavy atom. The fourth-order valence-electron chi connectivity index (χ4n) is 1.04. The van der Waals surface area contributed by atoms with Crippen LogP contribution in [0.4, 0.5) is 0 Å². The largest absolute Gasteiger partial charge is 0.466 e. The summed E-state index contributed by atoms with van der Waals surface area (Å²) in [5.74, 6) is -0.654. The van der Waals surface area contributed by atoms with Crippen molar-refractivity contribution in [3.8, 4) is 0 Å². The van der Waals surface area contributed by atoms with E-state index in [1.807, 2.05) is 0 Å². The Labute approximate surface area is 79.2 Å². The highest BCUT2D eigenvalue weighted by Crippen LogP contribution is 2.19. The molecule has 0 atom stereocenters. The van der Waals surface area contributed by atoms with Crippen LogP contribution in [0, 0.1) is 5.41 Å². The third-order valence-electron chi connectivity index (χ3n) is 1.45. The standard InChI is InChI=1S/C8H16O4S/c1-5-12-7(9)8(2,3)6-13(4,10)11/h5-6H2,1-4H3. The quantitative estimate of drug-likeness (QED) is 0.635. The van der Waals surface area contributed by atoms with Gasteiger partial charge in [-0.1, -0.05) is 0 Å². The Balaban J connectivity index is 4.49. The molecule has 0 spiro atoms. The van der Waals surface area contributed by atoms with E-state index in [0.29, 0.717) is 0 Å². The molecular weight excluding hydrogens is 192 g/mol. The molecule has 5 heteroatoms. The third-order valence-corrected chi connectivity index (χ3v) is 2.70. The molecule has 0 rings (SSSR count). The van der Waals surface area contributed by atoms with Crippen molar-refractivity contribution in [2.45, 2.75) is 20.8 Å². The number of carbonyl (C=O) groups excluding carboxylic acids is 1. The molecule has 13 heavy (non-hydrogen) atoms. The van der Waals surface area contributed by atoms with E-state index in [2.05, 4.69) is 0 Å². The number of rotatable bonds is 4. The summed E-state index contributed by atoms with van der Waals surface area (Å²) in [4.78, 5) is 11.3. The van der Waals surface area contributed by atoms with Crippen LogP contribution in [-0.2, 0) is 19.4 Å². The first-order valence-electron chi connectivity index (χ1n) is 4.04. The maximum atomic E-state index is 11.3. The average Bonchev–Trinajstić information content (AvgIpc) is 1.82. The van der Waals surface area contributed by atoms with Crippen molar-refractivity contribution >= 4 is 15.8 Å². The predicted molar refractivity (Wildman–Crippen MR) is 50.1 cm³/mol. The zero-order valence-electron chi connectivity index (χ0n) is 8.46. The monoisotopic (exact) mass is 208 g/mol. The lowest BCUT2D eigenvalue weighted by Crippen LogP contribution is -2.33. The van der Waals surface area contributed by atoms with Gasteiger partial charge in [-0.25, -0.2) is 8.42 Å². The molecule has 78 valence electrons. The predicted octanol–water partition coefficient (Wildman–Crippen LogP) is 0.620. The molecule has 0 saturated carbocycles. The Morgan fingerprint density at radius 1 is 1.38 bits per heavy atom. The van der Waals surface area contributed by atoms with Crippen LogP contribution in [-0.4, -0.2) is 33.0 Å². The lowest BCUT2D eigenvalue weighted by Gasteiger charge is -2.20. The Bertz CT molecular complexity index is 277. The molecule has 0 aromatic heterocycles. The summed E-state index contributed by atoms with van der Waals surface area (Å²) in [7, 11) is -3.15. The van der Waals surface area contributed by atoms with E-state index in [1.165, 1.54) is 0 Å². The molecule has 0 aromatic carbocycles. The van der Waals surface area contributed by atoms with Gasteiger partial charge in [0, 0.05) is 6.26 Å². The van der Waals surface area contributed by atoms with Crippen LogP contribution in [0.3, 0.4) is 0 Å². The second-order valence-electron chi connectivity index (χ2n) is 3.67. The summed E-state index contributed by atoms with van der Waals surface area (Å²) in [5, 5.41) is 0. The van der Waals surface area contributed by atoms with Gasteiger partial charge in [0.25, 0.3) is 0 Å². The second-order valence-corrected chi connectivity index (χ2v) is 5.81. The topological polar surface area (TPSA) is 60.4 Å². The molecule has 0 N–H and O–H groups in total. The maximum absolute atomic E-state index is 11.3. The van der Waals surface area contributed by atoms with E-state index >= 15 is 0 Å². The van der Waals surface area contributed by atoms with Gasteiger partial charge in [-0.2, -0.15) is 0 Å². The van der Waals surface area contributed by atoms with Crippen molar-refractivity contribution in [3.05, 3.63) is 0 Å².